The van der Waals surface area contributed by atoms with Gasteiger partial charge in [-0.2, -0.15) is 4.89 Å². The zero-order chi connectivity index (χ0) is 8.97. The van der Waals surface area contributed by atoms with Gasteiger partial charge in [0.05, 0.1) is 7.11 Å². The summed E-state index contributed by atoms with van der Waals surface area (Å²) in [6.07, 6.45) is 0.152. The van der Waals surface area contributed by atoms with E-state index in [1.807, 2.05) is 12.1 Å². The molecule has 1 unspecified atom stereocenters. The summed E-state index contributed by atoms with van der Waals surface area (Å²) in [6, 6.07) is 7.19. The Morgan fingerprint density at radius 1 is 1.50 bits per heavy atom. The van der Waals surface area contributed by atoms with E-state index in [0.717, 1.165) is 5.56 Å². The van der Waals surface area contributed by atoms with Crippen molar-refractivity contribution in [1.29, 1.82) is 0 Å². The highest BCUT2D eigenvalue weighted by Crippen LogP contribution is 2.27. The smallest absolute Gasteiger partial charge is 0.496 e. The van der Waals surface area contributed by atoms with E-state index in [1.54, 1.807) is 19.2 Å². The number of hydrogen-bond donors (Lipinski definition) is 1. The van der Waals surface area contributed by atoms with Crippen molar-refractivity contribution in [3.63, 3.8) is 0 Å². The van der Waals surface area contributed by atoms with Crippen LogP contribution < -0.4 is 4.74 Å². The van der Waals surface area contributed by atoms with Crippen LogP contribution in [0.4, 0.5) is 0 Å². The molecule has 0 aliphatic heterocycles. The largest absolute Gasteiger partial charge is 0.510 e. The van der Waals surface area contributed by atoms with Gasteiger partial charge in [-0.25, -0.2) is 0 Å². The monoisotopic (exact) mass is 185 g/mol. The Morgan fingerprint density at radius 3 is 2.75 bits per heavy atom. The van der Waals surface area contributed by atoms with Crippen LogP contribution in [0.5, 0.6) is 5.75 Å². The van der Waals surface area contributed by atoms with E-state index in [2.05, 4.69) is 0 Å². The average Bonchev–Trinajstić information content (AvgIpc) is 2.04. The molecular formula is C8H10O3P+. The predicted molar refractivity (Wildman–Crippen MR) is 46.5 cm³/mol. The molecule has 0 heterocycles. The third-order valence-corrected chi connectivity index (χ3v) is 2.11. The van der Waals surface area contributed by atoms with Crippen molar-refractivity contribution in [2.75, 3.05) is 7.11 Å². The van der Waals surface area contributed by atoms with Crippen LogP contribution in [0.3, 0.4) is 0 Å². The Labute approximate surface area is 71.9 Å². The number of hydrogen-bond acceptors (Lipinski definition) is 2. The Kier molecular flexibility index (Phi) is 3.20. The van der Waals surface area contributed by atoms with Gasteiger partial charge in [-0.1, -0.05) is 18.2 Å². The van der Waals surface area contributed by atoms with E-state index in [9.17, 15) is 4.57 Å². The van der Waals surface area contributed by atoms with Crippen LogP contribution in [-0.4, -0.2) is 12.0 Å². The van der Waals surface area contributed by atoms with Gasteiger partial charge in [0.25, 0.3) is 0 Å². The SMILES string of the molecule is COc1ccccc1C[P+](=O)O. The van der Waals surface area contributed by atoms with Gasteiger partial charge in [-0.05, 0) is 10.6 Å². The lowest BCUT2D eigenvalue weighted by Crippen LogP contribution is -1.88. The highest BCUT2D eigenvalue weighted by atomic mass is 31.1. The maximum absolute atomic E-state index is 10.5. The number of methoxy groups -OCH3 is 1. The summed E-state index contributed by atoms with van der Waals surface area (Å²) in [6.45, 7) is 0. The minimum Gasteiger partial charge on any atom is -0.496 e. The molecule has 0 spiro atoms. The van der Waals surface area contributed by atoms with Crippen molar-refractivity contribution in [2.24, 2.45) is 0 Å². The Balaban J connectivity index is 2.89. The van der Waals surface area contributed by atoms with Gasteiger partial charge in [0.1, 0.15) is 5.75 Å². The maximum Gasteiger partial charge on any atom is 0.510 e. The van der Waals surface area contributed by atoms with E-state index < -0.39 is 8.03 Å². The fourth-order valence-corrected chi connectivity index (χ4v) is 1.53. The zero-order valence-electron chi connectivity index (χ0n) is 6.73. The van der Waals surface area contributed by atoms with Gasteiger partial charge in [0, 0.05) is 5.56 Å². The minimum atomic E-state index is -2.13. The Bertz CT molecular complexity index is 285. The Morgan fingerprint density at radius 2 is 2.17 bits per heavy atom. The van der Waals surface area contributed by atoms with E-state index in [0.29, 0.717) is 5.75 Å². The molecule has 1 aromatic carbocycles. The zero-order valence-corrected chi connectivity index (χ0v) is 7.62. The van der Waals surface area contributed by atoms with E-state index >= 15 is 0 Å². The van der Waals surface area contributed by atoms with Crippen molar-refractivity contribution in [3.05, 3.63) is 29.8 Å². The molecule has 0 aromatic heterocycles. The van der Waals surface area contributed by atoms with Gasteiger partial charge >= 0.3 is 8.03 Å². The predicted octanol–water partition coefficient (Wildman–Crippen LogP) is 1.93. The summed E-state index contributed by atoms with van der Waals surface area (Å²) in [5.74, 6) is 0.662. The lowest BCUT2D eigenvalue weighted by molar-refractivity contribution is 0.410. The molecule has 1 atom stereocenters. The molecule has 0 saturated heterocycles. The summed E-state index contributed by atoms with van der Waals surface area (Å²) in [5.41, 5.74) is 0.767. The fourth-order valence-electron chi connectivity index (χ4n) is 0.979. The van der Waals surface area contributed by atoms with Crippen LogP contribution in [0.2, 0.25) is 0 Å². The molecular weight excluding hydrogens is 175 g/mol. The lowest BCUT2D eigenvalue weighted by Gasteiger charge is -2.01. The standard InChI is InChI=1S/C8H9O3P/c1-11-8-5-3-2-4-7(8)6-12(9)10/h2-5H,6H2,1H3/p+1. The molecule has 1 N–H and O–H groups in total. The molecule has 4 heteroatoms. The summed E-state index contributed by atoms with van der Waals surface area (Å²) in [7, 11) is -0.584. The first-order valence-electron chi connectivity index (χ1n) is 3.49. The van der Waals surface area contributed by atoms with Gasteiger partial charge in [-0.3, -0.25) is 0 Å². The second-order valence-electron chi connectivity index (χ2n) is 2.32. The third-order valence-electron chi connectivity index (χ3n) is 1.50. The first-order chi connectivity index (χ1) is 5.74. The van der Waals surface area contributed by atoms with Gasteiger partial charge in [0.2, 0.25) is 6.16 Å². The van der Waals surface area contributed by atoms with Crippen LogP contribution in [0.25, 0.3) is 0 Å². The minimum absolute atomic E-state index is 0.152. The highest BCUT2D eigenvalue weighted by Gasteiger charge is 2.14. The van der Waals surface area contributed by atoms with E-state index in [4.69, 9.17) is 9.63 Å². The van der Waals surface area contributed by atoms with Crippen LogP contribution in [0.15, 0.2) is 24.3 Å². The van der Waals surface area contributed by atoms with Crippen molar-refractivity contribution in [1.82, 2.24) is 0 Å². The maximum atomic E-state index is 10.5. The molecule has 0 bridgehead atoms. The average molecular weight is 185 g/mol. The number of benzene rings is 1. The second-order valence-corrected chi connectivity index (χ2v) is 3.34. The molecule has 0 aliphatic carbocycles. The fraction of sp³-hybridized carbons (Fsp3) is 0.250. The topological polar surface area (TPSA) is 46.5 Å². The molecule has 1 rings (SSSR count). The molecule has 0 aliphatic rings. The first-order valence-corrected chi connectivity index (χ1v) is 4.89. The number of para-hydroxylation sites is 1. The van der Waals surface area contributed by atoms with Crippen molar-refractivity contribution < 1.29 is 14.2 Å². The van der Waals surface area contributed by atoms with E-state index in [-0.39, 0.29) is 6.16 Å². The van der Waals surface area contributed by atoms with Gasteiger partial charge in [0.15, 0.2) is 0 Å². The molecule has 0 fully saturated rings. The molecule has 3 nitrogen and oxygen atoms in total. The normalized spacial score (nSPS) is 11.0. The summed E-state index contributed by atoms with van der Waals surface area (Å²) in [4.78, 5) is 8.68. The van der Waals surface area contributed by atoms with Crippen molar-refractivity contribution in [3.8, 4) is 5.75 Å². The van der Waals surface area contributed by atoms with Crippen LogP contribution in [0, 0.1) is 0 Å². The quantitative estimate of drug-likeness (QED) is 0.732. The van der Waals surface area contributed by atoms with Crippen LogP contribution >= 0.6 is 8.03 Å². The molecule has 0 radical (unpaired) electrons. The molecule has 0 amide bonds. The summed E-state index contributed by atoms with van der Waals surface area (Å²) < 4.78 is 15.5. The number of ether oxygens (including phenoxy) is 1. The lowest BCUT2D eigenvalue weighted by atomic mass is 10.2. The summed E-state index contributed by atoms with van der Waals surface area (Å²) >= 11 is 0. The molecule has 0 saturated carbocycles. The van der Waals surface area contributed by atoms with Crippen molar-refractivity contribution in [2.45, 2.75) is 6.16 Å². The first kappa shape index (κ1) is 9.17. The van der Waals surface area contributed by atoms with Gasteiger partial charge < -0.3 is 4.74 Å². The van der Waals surface area contributed by atoms with Crippen LogP contribution in [0.1, 0.15) is 5.56 Å². The van der Waals surface area contributed by atoms with E-state index in [1.165, 1.54) is 0 Å². The van der Waals surface area contributed by atoms with Gasteiger partial charge in [-0.15, -0.1) is 0 Å². The molecule has 1 aromatic rings. The third kappa shape index (κ3) is 2.29. The highest BCUT2D eigenvalue weighted by molar-refractivity contribution is 7.37. The van der Waals surface area contributed by atoms with Crippen molar-refractivity contribution >= 4 is 8.03 Å². The summed E-state index contributed by atoms with van der Waals surface area (Å²) in [5, 5.41) is 0. The van der Waals surface area contributed by atoms with Crippen LogP contribution in [-0.2, 0) is 10.7 Å². The second kappa shape index (κ2) is 4.19. The molecule has 64 valence electrons. The molecule has 12 heavy (non-hydrogen) atoms. The number of rotatable bonds is 3. The Hall–Kier alpha value is -0.920.